The van der Waals surface area contributed by atoms with E-state index in [0.717, 1.165) is 31.4 Å². The average Bonchev–Trinajstić information content (AvgIpc) is 2.53. The van der Waals surface area contributed by atoms with Gasteiger partial charge in [0.2, 0.25) is 0 Å². The minimum absolute atomic E-state index is 0.435. The molecule has 2 aromatic rings. The monoisotopic (exact) mass is 281 g/mol. The number of nitrogens with zero attached hydrogens (tertiary/aromatic N) is 1. The molecule has 0 fully saturated rings. The zero-order chi connectivity index (χ0) is 14.7. The van der Waals surface area contributed by atoms with Crippen molar-refractivity contribution >= 4 is 0 Å². The molecule has 2 aromatic carbocycles. The van der Waals surface area contributed by atoms with E-state index < -0.39 is 0 Å². The number of phenolic OH excluding ortho intramolecular Hbond substituents is 1. The van der Waals surface area contributed by atoms with Gasteiger partial charge in [0.1, 0.15) is 5.75 Å². The first-order valence-corrected chi connectivity index (χ1v) is 7.80. The molecule has 1 atom stereocenters. The van der Waals surface area contributed by atoms with Crippen molar-refractivity contribution in [2.75, 3.05) is 13.6 Å². The highest BCUT2D eigenvalue weighted by Gasteiger charge is 2.25. The van der Waals surface area contributed by atoms with Gasteiger partial charge < -0.3 is 5.11 Å². The van der Waals surface area contributed by atoms with E-state index >= 15 is 0 Å². The first-order valence-electron chi connectivity index (χ1n) is 7.80. The third-order valence-electron chi connectivity index (χ3n) is 4.58. The Balaban J connectivity index is 1.71. The molecule has 0 radical (unpaired) electrons. The van der Waals surface area contributed by atoms with Gasteiger partial charge in [0.15, 0.2) is 0 Å². The van der Waals surface area contributed by atoms with E-state index in [1.165, 1.54) is 17.5 Å². The largest absolute Gasteiger partial charge is 0.508 e. The Labute approximate surface area is 127 Å². The topological polar surface area (TPSA) is 23.5 Å². The van der Waals surface area contributed by atoms with Gasteiger partial charge >= 0.3 is 0 Å². The summed E-state index contributed by atoms with van der Waals surface area (Å²) in [5.41, 5.74) is 3.86. The number of phenols is 1. The van der Waals surface area contributed by atoms with E-state index in [-0.39, 0.29) is 0 Å². The van der Waals surface area contributed by atoms with Crippen molar-refractivity contribution in [1.29, 1.82) is 0 Å². The maximum absolute atomic E-state index is 10.0. The van der Waals surface area contributed by atoms with Crippen LogP contribution in [0.5, 0.6) is 5.75 Å². The fourth-order valence-corrected chi connectivity index (χ4v) is 3.37. The second kappa shape index (κ2) is 6.31. The minimum atomic E-state index is 0.435. The van der Waals surface area contributed by atoms with Crippen molar-refractivity contribution in [3.63, 3.8) is 0 Å². The Morgan fingerprint density at radius 3 is 2.71 bits per heavy atom. The van der Waals surface area contributed by atoms with Gasteiger partial charge in [-0.1, -0.05) is 42.5 Å². The maximum Gasteiger partial charge on any atom is 0.119 e. The second-order valence-electron chi connectivity index (χ2n) is 5.97. The van der Waals surface area contributed by atoms with Gasteiger partial charge in [-0.25, -0.2) is 0 Å². The van der Waals surface area contributed by atoms with Crippen LogP contribution in [-0.4, -0.2) is 23.6 Å². The van der Waals surface area contributed by atoms with Crippen LogP contribution in [0.3, 0.4) is 0 Å². The standard InChI is InChI=1S/C19H23NO/c1-20(14-13-15-7-3-2-4-8-15)18-11-5-10-17-16(18)9-6-12-19(17)21/h2-4,6-9,12,18,21H,5,10-11,13-14H2,1H3. The molecule has 1 aliphatic carbocycles. The van der Waals surface area contributed by atoms with Gasteiger partial charge in [-0.2, -0.15) is 0 Å². The van der Waals surface area contributed by atoms with Gasteiger partial charge in [0.25, 0.3) is 0 Å². The number of fused-ring (bicyclic) bond motifs is 1. The lowest BCUT2D eigenvalue weighted by Gasteiger charge is -2.33. The third-order valence-corrected chi connectivity index (χ3v) is 4.58. The Morgan fingerprint density at radius 1 is 1.10 bits per heavy atom. The van der Waals surface area contributed by atoms with Crippen LogP contribution in [-0.2, 0) is 12.8 Å². The van der Waals surface area contributed by atoms with Crippen molar-refractivity contribution in [3.8, 4) is 5.75 Å². The Bertz CT molecular complexity index is 594. The zero-order valence-corrected chi connectivity index (χ0v) is 12.6. The Morgan fingerprint density at radius 2 is 1.90 bits per heavy atom. The third kappa shape index (κ3) is 3.11. The number of hydrogen-bond donors (Lipinski definition) is 1. The Hall–Kier alpha value is -1.80. The van der Waals surface area contributed by atoms with Crippen LogP contribution in [0.15, 0.2) is 48.5 Å². The highest BCUT2D eigenvalue weighted by atomic mass is 16.3. The van der Waals surface area contributed by atoms with Crippen molar-refractivity contribution < 1.29 is 5.11 Å². The lowest BCUT2D eigenvalue weighted by atomic mass is 9.86. The number of likely N-dealkylation sites (N-methyl/N-ethyl adjacent to an activating group) is 1. The van der Waals surface area contributed by atoms with Gasteiger partial charge in [-0.15, -0.1) is 0 Å². The summed E-state index contributed by atoms with van der Waals surface area (Å²) in [4.78, 5) is 2.43. The lowest BCUT2D eigenvalue weighted by Crippen LogP contribution is -2.29. The first kappa shape index (κ1) is 14.2. The molecule has 0 amide bonds. The fraction of sp³-hybridized carbons (Fsp3) is 0.368. The van der Waals surface area contributed by atoms with E-state index in [0.29, 0.717) is 11.8 Å². The summed E-state index contributed by atoms with van der Waals surface area (Å²) in [5, 5.41) is 10.0. The van der Waals surface area contributed by atoms with E-state index in [9.17, 15) is 5.11 Å². The molecule has 1 N–H and O–H groups in total. The summed E-state index contributed by atoms with van der Waals surface area (Å²) < 4.78 is 0. The van der Waals surface area contributed by atoms with Crippen molar-refractivity contribution in [2.24, 2.45) is 0 Å². The van der Waals surface area contributed by atoms with Gasteiger partial charge in [-0.05, 0) is 55.5 Å². The molecule has 0 heterocycles. The predicted octanol–water partition coefficient (Wildman–Crippen LogP) is 3.94. The molecule has 0 spiro atoms. The van der Waals surface area contributed by atoms with E-state index in [2.05, 4.69) is 48.3 Å². The van der Waals surface area contributed by atoms with Crippen LogP contribution in [0, 0.1) is 0 Å². The molecule has 0 aromatic heterocycles. The molecule has 1 unspecified atom stereocenters. The number of aromatic hydroxyl groups is 1. The SMILES string of the molecule is CN(CCc1ccccc1)C1CCCc2c(O)cccc21. The van der Waals surface area contributed by atoms with Crippen LogP contribution in [0.1, 0.15) is 35.6 Å². The van der Waals surface area contributed by atoms with Crippen LogP contribution in [0.25, 0.3) is 0 Å². The zero-order valence-electron chi connectivity index (χ0n) is 12.6. The molecule has 0 saturated heterocycles. The highest BCUT2D eigenvalue weighted by molar-refractivity contribution is 5.42. The molecule has 2 heteroatoms. The van der Waals surface area contributed by atoms with Crippen LogP contribution in [0.2, 0.25) is 0 Å². The maximum atomic E-state index is 10.0. The van der Waals surface area contributed by atoms with Gasteiger partial charge in [0.05, 0.1) is 0 Å². The minimum Gasteiger partial charge on any atom is -0.508 e. The number of hydrogen-bond acceptors (Lipinski definition) is 2. The first-order chi connectivity index (χ1) is 10.3. The summed E-state index contributed by atoms with van der Waals surface area (Å²) in [6.07, 6.45) is 4.42. The van der Waals surface area contributed by atoms with E-state index in [1.54, 1.807) is 0 Å². The summed E-state index contributed by atoms with van der Waals surface area (Å²) in [6, 6.07) is 17.0. The second-order valence-corrected chi connectivity index (χ2v) is 5.97. The summed E-state index contributed by atoms with van der Waals surface area (Å²) in [6.45, 7) is 1.05. The summed E-state index contributed by atoms with van der Waals surface area (Å²) in [5.74, 6) is 0.466. The van der Waals surface area contributed by atoms with Crippen LogP contribution in [0.4, 0.5) is 0 Å². The molecule has 1 aliphatic rings. The quantitative estimate of drug-likeness (QED) is 0.917. The molecule has 0 saturated carbocycles. The molecule has 0 bridgehead atoms. The smallest absolute Gasteiger partial charge is 0.119 e. The number of rotatable bonds is 4. The van der Waals surface area contributed by atoms with E-state index in [4.69, 9.17) is 0 Å². The van der Waals surface area contributed by atoms with Crippen molar-refractivity contribution in [1.82, 2.24) is 4.90 Å². The molecular formula is C19H23NO. The predicted molar refractivity (Wildman–Crippen MR) is 86.6 cm³/mol. The molecular weight excluding hydrogens is 258 g/mol. The van der Waals surface area contributed by atoms with Crippen molar-refractivity contribution in [2.45, 2.75) is 31.7 Å². The van der Waals surface area contributed by atoms with Gasteiger partial charge in [0, 0.05) is 12.6 Å². The number of benzene rings is 2. The summed E-state index contributed by atoms with van der Waals surface area (Å²) in [7, 11) is 2.20. The van der Waals surface area contributed by atoms with Crippen LogP contribution >= 0.6 is 0 Å². The Kier molecular flexibility index (Phi) is 4.26. The van der Waals surface area contributed by atoms with Gasteiger partial charge in [-0.3, -0.25) is 4.90 Å². The molecule has 3 rings (SSSR count). The van der Waals surface area contributed by atoms with E-state index in [1.807, 2.05) is 12.1 Å². The molecule has 0 aliphatic heterocycles. The average molecular weight is 281 g/mol. The molecule has 21 heavy (non-hydrogen) atoms. The fourth-order valence-electron chi connectivity index (χ4n) is 3.37. The lowest BCUT2D eigenvalue weighted by molar-refractivity contribution is 0.222. The van der Waals surface area contributed by atoms with Crippen LogP contribution < -0.4 is 0 Å². The highest BCUT2D eigenvalue weighted by Crippen LogP contribution is 2.37. The van der Waals surface area contributed by atoms with Crippen molar-refractivity contribution in [3.05, 3.63) is 65.2 Å². The molecule has 110 valence electrons. The molecule has 2 nitrogen and oxygen atoms in total. The normalized spacial score (nSPS) is 17.7. The summed E-state index contributed by atoms with van der Waals surface area (Å²) >= 11 is 0.